The van der Waals surface area contributed by atoms with E-state index in [0.717, 1.165) is 18.9 Å². The van der Waals surface area contributed by atoms with Crippen molar-refractivity contribution in [3.63, 3.8) is 0 Å². The first-order valence-corrected chi connectivity index (χ1v) is 7.05. The summed E-state index contributed by atoms with van der Waals surface area (Å²) >= 11 is 1.81. The molecule has 2 unspecified atom stereocenters. The summed E-state index contributed by atoms with van der Waals surface area (Å²) in [5, 5.41) is 8.85. The lowest BCUT2D eigenvalue weighted by atomic mass is 10.1. The summed E-state index contributed by atoms with van der Waals surface area (Å²) in [5.41, 5.74) is 0. The number of hydrogen-bond donors (Lipinski definition) is 2. The molecule has 2 N–H and O–H groups in total. The maximum absolute atomic E-state index is 4.23. The van der Waals surface area contributed by atoms with Crippen LogP contribution < -0.4 is 10.6 Å². The number of hydrogen-bond acceptors (Lipinski definition) is 2. The third-order valence-electron chi connectivity index (χ3n) is 2.82. The molecule has 0 fully saturated rings. The average molecular weight is 253 g/mol. The molecule has 0 amide bonds. The van der Waals surface area contributed by atoms with Gasteiger partial charge in [0.2, 0.25) is 0 Å². The van der Waals surface area contributed by atoms with E-state index >= 15 is 0 Å². The van der Waals surface area contributed by atoms with E-state index in [9.17, 15) is 0 Å². The zero-order valence-electron chi connectivity index (χ0n) is 11.2. The van der Waals surface area contributed by atoms with Crippen LogP contribution in [0.4, 0.5) is 0 Å². The van der Waals surface area contributed by atoms with Gasteiger partial charge in [0, 0.05) is 30.4 Å². The van der Waals surface area contributed by atoms with Crippen LogP contribution in [0, 0.1) is 0 Å². The molecule has 2 atom stereocenters. The Labute approximate surface area is 108 Å². The molecule has 0 saturated heterocycles. The second kappa shape index (κ2) is 7.33. The van der Waals surface area contributed by atoms with Crippen molar-refractivity contribution < 1.29 is 0 Å². The van der Waals surface area contributed by atoms with Gasteiger partial charge in [-0.3, -0.25) is 4.99 Å². The van der Waals surface area contributed by atoms with Gasteiger partial charge < -0.3 is 10.6 Å². The number of thiophene rings is 1. The molecule has 1 aromatic heterocycles. The summed E-state index contributed by atoms with van der Waals surface area (Å²) < 4.78 is 0. The molecule has 17 heavy (non-hydrogen) atoms. The van der Waals surface area contributed by atoms with Crippen molar-refractivity contribution in [2.24, 2.45) is 4.99 Å². The fourth-order valence-electron chi connectivity index (χ4n) is 1.45. The Morgan fingerprint density at radius 2 is 2.24 bits per heavy atom. The molecule has 0 spiro atoms. The number of rotatable bonds is 5. The maximum Gasteiger partial charge on any atom is 0.191 e. The Morgan fingerprint density at radius 3 is 2.76 bits per heavy atom. The average Bonchev–Trinajstić information content (AvgIpc) is 2.87. The van der Waals surface area contributed by atoms with Crippen molar-refractivity contribution >= 4 is 17.3 Å². The minimum atomic E-state index is 0.457. The van der Waals surface area contributed by atoms with Crippen LogP contribution in [-0.2, 0) is 0 Å². The SMILES string of the molecule is CCC(C)NC(=NC)NCC(C)c1cccs1. The van der Waals surface area contributed by atoms with Gasteiger partial charge in [-0.2, -0.15) is 0 Å². The molecule has 1 aromatic rings. The first-order valence-electron chi connectivity index (χ1n) is 6.18. The van der Waals surface area contributed by atoms with E-state index in [1.165, 1.54) is 4.88 Å². The fourth-order valence-corrected chi connectivity index (χ4v) is 2.24. The minimum absolute atomic E-state index is 0.457. The summed E-state index contributed by atoms with van der Waals surface area (Å²) in [4.78, 5) is 5.64. The van der Waals surface area contributed by atoms with E-state index in [1.807, 2.05) is 18.4 Å². The summed E-state index contributed by atoms with van der Waals surface area (Å²) in [6.45, 7) is 7.47. The molecule has 3 nitrogen and oxygen atoms in total. The van der Waals surface area contributed by atoms with Crippen molar-refractivity contribution in [3.05, 3.63) is 22.4 Å². The molecular formula is C13H23N3S. The van der Waals surface area contributed by atoms with E-state index in [0.29, 0.717) is 12.0 Å². The van der Waals surface area contributed by atoms with Crippen LogP contribution in [0.15, 0.2) is 22.5 Å². The zero-order valence-corrected chi connectivity index (χ0v) is 12.0. The summed E-state index contributed by atoms with van der Waals surface area (Å²) in [6, 6.07) is 4.74. The third kappa shape index (κ3) is 4.77. The topological polar surface area (TPSA) is 36.4 Å². The highest BCUT2D eigenvalue weighted by Crippen LogP contribution is 2.19. The lowest BCUT2D eigenvalue weighted by Gasteiger charge is -2.18. The Bertz CT molecular complexity index is 332. The highest BCUT2D eigenvalue weighted by Gasteiger charge is 2.08. The van der Waals surface area contributed by atoms with Gasteiger partial charge in [0.25, 0.3) is 0 Å². The molecule has 1 heterocycles. The lowest BCUT2D eigenvalue weighted by molar-refractivity contribution is 0.616. The van der Waals surface area contributed by atoms with E-state index in [2.05, 4.69) is 53.9 Å². The molecular weight excluding hydrogens is 230 g/mol. The standard InChI is InChI=1S/C13H23N3S/c1-5-11(3)16-13(14-4)15-9-10(2)12-7-6-8-17-12/h6-8,10-11H,5,9H2,1-4H3,(H2,14,15,16). The van der Waals surface area contributed by atoms with Gasteiger partial charge in [0.1, 0.15) is 0 Å². The molecule has 96 valence electrons. The lowest BCUT2D eigenvalue weighted by Crippen LogP contribution is -2.43. The van der Waals surface area contributed by atoms with Crippen LogP contribution in [0.5, 0.6) is 0 Å². The molecule has 0 radical (unpaired) electrons. The van der Waals surface area contributed by atoms with E-state index < -0.39 is 0 Å². The third-order valence-corrected chi connectivity index (χ3v) is 3.93. The predicted molar refractivity (Wildman–Crippen MR) is 77.0 cm³/mol. The van der Waals surface area contributed by atoms with Crippen LogP contribution in [0.25, 0.3) is 0 Å². The maximum atomic E-state index is 4.23. The first kappa shape index (κ1) is 14.0. The Kier molecular flexibility index (Phi) is 6.05. The molecule has 0 bridgehead atoms. The predicted octanol–water partition coefficient (Wildman–Crippen LogP) is 2.82. The van der Waals surface area contributed by atoms with Crippen molar-refractivity contribution in [2.75, 3.05) is 13.6 Å². The van der Waals surface area contributed by atoms with Crippen LogP contribution >= 0.6 is 11.3 Å². The van der Waals surface area contributed by atoms with E-state index in [1.54, 1.807) is 0 Å². The Balaban J connectivity index is 2.38. The van der Waals surface area contributed by atoms with Gasteiger partial charge in [0.15, 0.2) is 5.96 Å². The van der Waals surface area contributed by atoms with Gasteiger partial charge in [-0.1, -0.05) is 19.9 Å². The number of nitrogens with one attached hydrogen (secondary N) is 2. The zero-order chi connectivity index (χ0) is 12.7. The fraction of sp³-hybridized carbons (Fsp3) is 0.615. The molecule has 4 heteroatoms. The molecule has 0 saturated carbocycles. The highest BCUT2D eigenvalue weighted by molar-refractivity contribution is 7.10. The Morgan fingerprint density at radius 1 is 1.47 bits per heavy atom. The van der Waals surface area contributed by atoms with Crippen LogP contribution in [-0.4, -0.2) is 25.6 Å². The summed E-state index contributed by atoms with van der Waals surface area (Å²) in [7, 11) is 1.81. The van der Waals surface area contributed by atoms with Crippen molar-refractivity contribution in [3.8, 4) is 0 Å². The van der Waals surface area contributed by atoms with E-state index in [4.69, 9.17) is 0 Å². The Hall–Kier alpha value is -1.03. The van der Waals surface area contributed by atoms with Crippen molar-refractivity contribution in [1.29, 1.82) is 0 Å². The molecule has 0 aromatic carbocycles. The number of nitrogens with zero attached hydrogens (tertiary/aromatic N) is 1. The monoisotopic (exact) mass is 253 g/mol. The van der Waals surface area contributed by atoms with Crippen LogP contribution in [0.3, 0.4) is 0 Å². The second-order valence-corrected chi connectivity index (χ2v) is 5.30. The van der Waals surface area contributed by atoms with Gasteiger partial charge in [-0.15, -0.1) is 11.3 Å². The molecule has 0 aliphatic heterocycles. The normalized spacial score (nSPS) is 15.4. The van der Waals surface area contributed by atoms with Gasteiger partial charge in [-0.05, 0) is 24.8 Å². The first-order chi connectivity index (χ1) is 8.17. The van der Waals surface area contributed by atoms with Crippen molar-refractivity contribution in [1.82, 2.24) is 10.6 Å². The molecule has 0 aliphatic rings. The van der Waals surface area contributed by atoms with Gasteiger partial charge >= 0.3 is 0 Å². The van der Waals surface area contributed by atoms with Crippen LogP contribution in [0.2, 0.25) is 0 Å². The smallest absolute Gasteiger partial charge is 0.191 e. The van der Waals surface area contributed by atoms with Gasteiger partial charge in [0.05, 0.1) is 0 Å². The molecule has 1 rings (SSSR count). The van der Waals surface area contributed by atoms with Crippen molar-refractivity contribution in [2.45, 2.75) is 39.2 Å². The second-order valence-electron chi connectivity index (χ2n) is 4.32. The van der Waals surface area contributed by atoms with Crippen LogP contribution in [0.1, 0.15) is 38.0 Å². The number of guanidine groups is 1. The minimum Gasteiger partial charge on any atom is -0.356 e. The largest absolute Gasteiger partial charge is 0.356 e. The van der Waals surface area contributed by atoms with E-state index in [-0.39, 0.29) is 0 Å². The summed E-state index contributed by atoms with van der Waals surface area (Å²) in [5.74, 6) is 1.41. The highest BCUT2D eigenvalue weighted by atomic mass is 32.1. The molecule has 0 aliphatic carbocycles. The quantitative estimate of drug-likeness (QED) is 0.625. The number of aliphatic imine (C=N–C) groups is 1. The van der Waals surface area contributed by atoms with Gasteiger partial charge in [-0.25, -0.2) is 0 Å². The summed E-state index contributed by atoms with van der Waals surface area (Å²) in [6.07, 6.45) is 1.10.